The van der Waals surface area contributed by atoms with Crippen molar-refractivity contribution in [2.45, 2.75) is 24.7 Å². The maximum absolute atomic E-state index is 12.3. The first kappa shape index (κ1) is 17.2. The van der Waals surface area contributed by atoms with Gasteiger partial charge in [-0.1, -0.05) is 29.8 Å². The van der Waals surface area contributed by atoms with E-state index in [9.17, 15) is 13.2 Å². The number of hydrogen-bond donors (Lipinski definition) is 2. The zero-order chi connectivity index (χ0) is 15.9. The fourth-order valence-electron chi connectivity index (χ4n) is 1.61. The molecule has 2 N–H and O–H groups in total. The maximum atomic E-state index is 12.3. The number of carboxylic acid groups (broad SMARTS) is 1. The molecule has 0 aromatic heterocycles. The van der Waals surface area contributed by atoms with Gasteiger partial charge < -0.3 is 10.2 Å². The monoisotopic (exact) mass is 313 g/mol. The van der Waals surface area contributed by atoms with Gasteiger partial charge in [0.05, 0.1) is 11.4 Å². The molecule has 6 nitrogen and oxygen atoms in total. The number of allylic oxidation sites excluding steroid dienone is 1. The second kappa shape index (κ2) is 7.80. The topological polar surface area (TPSA) is 94.9 Å². The van der Waals surface area contributed by atoms with Crippen molar-refractivity contribution in [1.29, 1.82) is 0 Å². The third-order valence-corrected chi connectivity index (χ3v) is 4.54. The molecule has 0 unspecified atom stereocenters. The smallest absolute Gasteiger partial charge is 0.421 e. The molecule has 0 fully saturated rings. The minimum atomic E-state index is -4.08. The fraction of sp³-hybridized carbons (Fsp3) is 0.357. The summed E-state index contributed by atoms with van der Waals surface area (Å²) >= 11 is 0. The van der Waals surface area contributed by atoms with Gasteiger partial charge in [0.25, 0.3) is 10.0 Å². The highest BCUT2D eigenvalue weighted by Crippen LogP contribution is 2.16. The summed E-state index contributed by atoms with van der Waals surface area (Å²) in [6.07, 6.45) is 2.71. The number of benzene rings is 1. The van der Waals surface area contributed by atoms with E-state index in [0.717, 1.165) is 5.56 Å². The molecule has 0 aliphatic rings. The molecule has 0 atom stereocenters. The summed E-state index contributed by atoms with van der Waals surface area (Å²) in [4.78, 5) is 11.1. The summed E-state index contributed by atoms with van der Waals surface area (Å²) in [6, 6.07) is 6.00. The second-order valence-electron chi connectivity index (χ2n) is 4.47. The molecule has 0 aliphatic carbocycles. The lowest BCUT2D eigenvalue weighted by molar-refractivity contribution is 0.175. The van der Waals surface area contributed by atoms with E-state index in [1.165, 1.54) is 18.2 Å². The molecule has 0 bridgehead atoms. The van der Waals surface area contributed by atoms with E-state index in [1.54, 1.807) is 18.2 Å². The Morgan fingerprint density at radius 1 is 1.24 bits per heavy atom. The van der Waals surface area contributed by atoms with Crippen LogP contribution in [-0.2, 0) is 10.0 Å². The van der Waals surface area contributed by atoms with E-state index in [4.69, 9.17) is 10.2 Å². The normalized spacial score (nSPS) is 11.7. The Morgan fingerprint density at radius 2 is 1.86 bits per heavy atom. The summed E-state index contributed by atoms with van der Waals surface area (Å²) in [5, 5.41) is 17.7. The van der Waals surface area contributed by atoms with Crippen LogP contribution in [0, 0.1) is 6.92 Å². The average molecular weight is 313 g/mol. The van der Waals surface area contributed by atoms with Crippen LogP contribution in [0.2, 0.25) is 0 Å². The molecule has 1 amide bonds. The lowest BCUT2D eigenvalue weighted by Crippen LogP contribution is -2.35. The quantitative estimate of drug-likeness (QED) is 0.593. The molecule has 0 spiro atoms. The Bertz CT molecular complexity index is 592. The maximum Gasteiger partial charge on any atom is 0.421 e. The first-order valence-corrected chi connectivity index (χ1v) is 7.92. The minimum absolute atomic E-state index is 0.0364. The number of aryl methyl sites for hydroxylation is 1. The van der Waals surface area contributed by atoms with Crippen LogP contribution in [0.25, 0.3) is 0 Å². The molecular formula is C14H19NO5S. The van der Waals surface area contributed by atoms with Crippen molar-refractivity contribution in [1.82, 2.24) is 4.31 Å². The molecule has 1 aromatic rings. The van der Waals surface area contributed by atoms with Crippen LogP contribution in [0.3, 0.4) is 0 Å². The molecule has 0 heterocycles. The van der Waals surface area contributed by atoms with Crippen LogP contribution in [0.1, 0.15) is 18.4 Å². The summed E-state index contributed by atoms with van der Waals surface area (Å²) in [5.41, 5.74) is 0.889. The van der Waals surface area contributed by atoms with Crippen molar-refractivity contribution >= 4 is 16.1 Å². The Hall–Kier alpha value is -1.86. The van der Waals surface area contributed by atoms with E-state index < -0.39 is 16.1 Å². The van der Waals surface area contributed by atoms with Crippen LogP contribution in [0.15, 0.2) is 41.3 Å². The molecule has 0 aliphatic heterocycles. The molecule has 116 valence electrons. The van der Waals surface area contributed by atoms with Crippen LogP contribution >= 0.6 is 0 Å². The highest BCUT2D eigenvalue weighted by molar-refractivity contribution is 7.89. The Morgan fingerprint density at radius 3 is 2.38 bits per heavy atom. The SMILES string of the molecule is Cc1ccc(S(=O)(=O)N(C/C=C/CCCO)C(=O)O)cc1. The Kier molecular flexibility index (Phi) is 6.39. The van der Waals surface area contributed by atoms with E-state index in [0.29, 0.717) is 17.1 Å². The van der Waals surface area contributed by atoms with Crippen LogP contribution in [0.4, 0.5) is 4.79 Å². The van der Waals surface area contributed by atoms with Gasteiger partial charge in [0.1, 0.15) is 0 Å². The van der Waals surface area contributed by atoms with E-state index in [1.807, 2.05) is 6.92 Å². The summed E-state index contributed by atoms with van der Waals surface area (Å²) in [7, 11) is -4.08. The van der Waals surface area contributed by atoms with Gasteiger partial charge in [-0.2, -0.15) is 4.31 Å². The number of aliphatic hydroxyl groups excluding tert-OH is 1. The van der Waals surface area contributed by atoms with Crippen LogP contribution in [0.5, 0.6) is 0 Å². The molecule has 0 saturated carbocycles. The lowest BCUT2D eigenvalue weighted by atomic mass is 10.2. The van der Waals surface area contributed by atoms with Gasteiger partial charge in [-0.05, 0) is 31.9 Å². The van der Waals surface area contributed by atoms with Gasteiger partial charge in [0.15, 0.2) is 0 Å². The Labute approximate surface area is 124 Å². The van der Waals surface area contributed by atoms with Gasteiger partial charge >= 0.3 is 6.09 Å². The van der Waals surface area contributed by atoms with Gasteiger partial charge in [0, 0.05) is 6.61 Å². The van der Waals surface area contributed by atoms with Crippen molar-refractivity contribution in [3.8, 4) is 0 Å². The highest BCUT2D eigenvalue weighted by Gasteiger charge is 2.27. The fourth-order valence-corrected chi connectivity index (χ4v) is 2.84. The predicted molar refractivity (Wildman–Crippen MR) is 78.6 cm³/mol. The number of nitrogens with zero attached hydrogens (tertiary/aromatic N) is 1. The van der Waals surface area contributed by atoms with E-state index >= 15 is 0 Å². The largest absolute Gasteiger partial charge is 0.464 e. The molecule has 1 rings (SSSR count). The molecular weight excluding hydrogens is 294 g/mol. The molecule has 1 aromatic carbocycles. The first-order valence-electron chi connectivity index (χ1n) is 6.48. The van der Waals surface area contributed by atoms with E-state index in [2.05, 4.69) is 0 Å². The third kappa shape index (κ3) is 4.87. The Balaban J connectivity index is 2.91. The van der Waals surface area contributed by atoms with Crippen molar-refractivity contribution in [2.75, 3.05) is 13.2 Å². The summed E-state index contributed by atoms with van der Waals surface area (Å²) < 4.78 is 24.9. The van der Waals surface area contributed by atoms with Crippen molar-refractivity contribution in [2.24, 2.45) is 0 Å². The summed E-state index contributed by atoms with van der Waals surface area (Å²) in [5.74, 6) is 0. The number of amides is 1. The number of aliphatic hydroxyl groups is 1. The second-order valence-corrected chi connectivity index (χ2v) is 6.33. The van der Waals surface area contributed by atoms with Crippen molar-refractivity contribution in [3.05, 3.63) is 42.0 Å². The van der Waals surface area contributed by atoms with Crippen LogP contribution in [-0.4, -0.2) is 42.2 Å². The minimum Gasteiger partial charge on any atom is -0.464 e. The summed E-state index contributed by atoms with van der Waals surface area (Å²) in [6.45, 7) is 1.60. The lowest BCUT2D eigenvalue weighted by Gasteiger charge is -2.17. The number of hydrogen-bond acceptors (Lipinski definition) is 4. The molecule has 7 heteroatoms. The predicted octanol–water partition coefficient (Wildman–Crippen LogP) is 1.99. The van der Waals surface area contributed by atoms with Gasteiger partial charge in [0.2, 0.25) is 0 Å². The zero-order valence-electron chi connectivity index (χ0n) is 11.8. The highest BCUT2D eigenvalue weighted by atomic mass is 32.2. The van der Waals surface area contributed by atoms with Gasteiger partial charge in [-0.3, -0.25) is 0 Å². The number of rotatable bonds is 7. The average Bonchev–Trinajstić information content (AvgIpc) is 2.42. The number of sulfonamides is 1. The number of carbonyl (C=O) groups is 1. The van der Waals surface area contributed by atoms with Crippen molar-refractivity contribution in [3.63, 3.8) is 0 Å². The van der Waals surface area contributed by atoms with Gasteiger partial charge in [-0.25, -0.2) is 13.2 Å². The van der Waals surface area contributed by atoms with E-state index in [-0.39, 0.29) is 18.0 Å². The molecule has 0 radical (unpaired) electrons. The van der Waals surface area contributed by atoms with Gasteiger partial charge in [-0.15, -0.1) is 0 Å². The number of unbranched alkanes of at least 4 members (excludes halogenated alkanes) is 1. The van der Waals surface area contributed by atoms with Crippen LogP contribution < -0.4 is 0 Å². The zero-order valence-corrected chi connectivity index (χ0v) is 12.6. The standard InChI is InChI=1S/C14H19NO5S/c1-12-6-8-13(9-7-12)21(19,20)15(14(17)18)10-4-2-3-5-11-16/h2,4,6-9,16H,3,5,10-11H2,1H3,(H,17,18)/b4-2+. The molecule has 0 saturated heterocycles. The first-order chi connectivity index (χ1) is 9.89. The van der Waals surface area contributed by atoms with Crippen molar-refractivity contribution < 1.29 is 23.4 Å². The third-order valence-electron chi connectivity index (χ3n) is 2.79. The molecule has 21 heavy (non-hydrogen) atoms.